The average Bonchev–Trinajstić information content (AvgIpc) is 1.87. The molecule has 0 rings (SSSR count). The Hall–Kier alpha value is -0.266. The minimum Gasteiger partial charge on any atom is -0.265 e. The Morgan fingerprint density at radius 1 is 1.33 bits per heavy atom. The van der Waals surface area contributed by atoms with Gasteiger partial charge < -0.3 is 0 Å². The third kappa shape index (κ3) is 5.39. The molecule has 0 spiro atoms. The summed E-state index contributed by atoms with van der Waals surface area (Å²) in [6.45, 7) is 8.31. The number of nitriles is 1. The van der Waals surface area contributed by atoms with Crippen LogP contribution in [0.5, 0.6) is 0 Å². The maximum absolute atomic E-state index is 8.77. The van der Waals surface area contributed by atoms with Gasteiger partial charge in [-0.05, 0) is 6.92 Å². The van der Waals surface area contributed by atoms with Gasteiger partial charge in [0.15, 0.2) is 0 Å². The van der Waals surface area contributed by atoms with E-state index < -0.39 is 8.07 Å². The van der Waals surface area contributed by atoms with Crippen molar-refractivity contribution in [3.05, 3.63) is 5.54 Å². The van der Waals surface area contributed by atoms with Gasteiger partial charge in [-0.25, -0.2) is 5.26 Å². The van der Waals surface area contributed by atoms with Gasteiger partial charge in [0.1, 0.15) is 0 Å². The van der Waals surface area contributed by atoms with E-state index in [4.69, 9.17) is 5.26 Å². The summed E-state index contributed by atoms with van der Waals surface area (Å²) in [6, 6.07) is 2.25. The first-order valence-electron chi connectivity index (χ1n) is 3.68. The third-order valence-electron chi connectivity index (χ3n) is 1.48. The zero-order valence-corrected chi connectivity index (χ0v) is 9.65. The van der Waals surface area contributed by atoms with E-state index in [0.717, 1.165) is 5.54 Å². The first-order valence-corrected chi connectivity index (χ1v) is 7.18. The fourth-order valence-electron chi connectivity index (χ4n) is 0.649. The molecule has 0 aromatic heterocycles. The van der Waals surface area contributed by atoms with Gasteiger partial charge in [-0.2, -0.15) is 0 Å². The summed E-state index contributed by atoms with van der Waals surface area (Å²) in [7, 11) is -1.37. The van der Waals surface area contributed by atoms with Gasteiger partial charge in [0.25, 0.3) is 0 Å². The second-order valence-corrected chi connectivity index (χ2v) is 8.55. The molecule has 0 aliphatic heterocycles. The van der Waals surface area contributed by atoms with Crippen LogP contribution in [-0.2, 0) is 0 Å². The molecule has 60 valence electrons. The molecule has 3 heteroatoms. The van der Waals surface area contributed by atoms with E-state index in [9.17, 15) is 0 Å². The Labute approximate surface area is 88.7 Å². The molecule has 0 N–H and O–H groups in total. The SMILES string of the molecule is CC#CC[C-](C#N)[Si](C)(C)C.[Li+]. The average molecular weight is 171 g/mol. The monoisotopic (exact) mass is 171 g/mol. The minimum absolute atomic E-state index is 0. The summed E-state index contributed by atoms with van der Waals surface area (Å²) >= 11 is 0. The minimum atomic E-state index is -1.37. The molecule has 0 aromatic carbocycles. The molecule has 0 bridgehead atoms. The molecule has 0 radical (unpaired) electrons. The quantitative estimate of drug-likeness (QED) is 0.308. The van der Waals surface area contributed by atoms with Crippen molar-refractivity contribution in [2.45, 2.75) is 33.0 Å². The predicted molar refractivity (Wildman–Crippen MR) is 50.3 cm³/mol. The molecule has 1 nitrogen and oxygen atoms in total. The Bertz CT molecular complexity index is 213. The van der Waals surface area contributed by atoms with Crippen molar-refractivity contribution in [2.24, 2.45) is 0 Å². The topological polar surface area (TPSA) is 23.8 Å². The molecular formula is C9H14LiNSi. The summed E-state index contributed by atoms with van der Waals surface area (Å²) in [4.78, 5) is 0. The van der Waals surface area contributed by atoms with E-state index in [0.29, 0.717) is 6.42 Å². The van der Waals surface area contributed by atoms with Crippen LogP contribution >= 0.6 is 0 Å². The van der Waals surface area contributed by atoms with Gasteiger partial charge in [-0.3, -0.25) is 5.54 Å². The second-order valence-electron chi connectivity index (χ2n) is 3.44. The molecule has 0 aliphatic rings. The molecule has 0 amide bonds. The van der Waals surface area contributed by atoms with Crippen LogP contribution in [0, 0.1) is 28.7 Å². The van der Waals surface area contributed by atoms with Crippen molar-refractivity contribution in [3.63, 3.8) is 0 Å². The fourth-order valence-corrected chi connectivity index (χ4v) is 1.60. The smallest absolute Gasteiger partial charge is 0.265 e. The molecule has 0 heterocycles. The third-order valence-corrected chi connectivity index (χ3v) is 3.58. The van der Waals surface area contributed by atoms with E-state index in [1.54, 1.807) is 6.92 Å². The first kappa shape index (κ1) is 14.3. The largest absolute Gasteiger partial charge is 1.00 e. The van der Waals surface area contributed by atoms with E-state index in [-0.39, 0.29) is 18.9 Å². The van der Waals surface area contributed by atoms with Crippen LogP contribution in [0.15, 0.2) is 0 Å². The van der Waals surface area contributed by atoms with Crippen LogP contribution in [0.2, 0.25) is 19.6 Å². The zero-order valence-electron chi connectivity index (χ0n) is 8.65. The summed E-state index contributed by atoms with van der Waals surface area (Å²) in [5, 5.41) is 8.77. The number of nitrogens with zero attached hydrogens (tertiary/aromatic N) is 1. The standard InChI is InChI=1S/C9H14NSi.Li/c1-5-6-7-9(8-10)11(2,3)4;/h7H2,1-4H3;/q-1;+1. The molecule has 0 aliphatic carbocycles. The van der Waals surface area contributed by atoms with Crippen LogP contribution in [0.1, 0.15) is 13.3 Å². The maximum Gasteiger partial charge on any atom is 1.00 e. The van der Waals surface area contributed by atoms with Gasteiger partial charge in [0, 0.05) is 0 Å². The normalized spacial score (nSPS) is 8.58. The molecule has 0 unspecified atom stereocenters. The van der Waals surface area contributed by atoms with E-state index >= 15 is 0 Å². The predicted octanol–water partition coefficient (Wildman–Crippen LogP) is -0.621. The van der Waals surface area contributed by atoms with Gasteiger partial charge >= 0.3 is 18.9 Å². The van der Waals surface area contributed by atoms with Crippen LogP contribution in [-0.4, -0.2) is 8.07 Å². The molecule has 0 fully saturated rings. The molecule has 0 saturated carbocycles. The summed E-state index contributed by atoms with van der Waals surface area (Å²) < 4.78 is 0. The van der Waals surface area contributed by atoms with Crippen LogP contribution < -0.4 is 18.9 Å². The summed E-state index contributed by atoms with van der Waals surface area (Å²) in [6.07, 6.45) is 0.669. The fraction of sp³-hybridized carbons (Fsp3) is 0.556. The Kier molecular flexibility index (Phi) is 7.46. The van der Waals surface area contributed by atoms with Crippen molar-refractivity contribution in [3.8, 4) is 17.9 Å². The Morgan fingerprint density at radius 3 is 2.08 bits per heavy atom. The number of hydrogen-bond donors (Lipinski definition) is 0. The van der Waals surface area contributed by atoms with Crippen LogP contribution in [0.3, 0.4) is 0 Å². The van der Waals surface area contributed by atoms with Gasteiger partial charge in [0.2, 0.25) is 0 Å². The molecule has 0 atom stereocenters. The van der Waals surface area contributed by atoms with Gasteiger partial charge in [-0.1, -0.05) is 34.1 Å². The zero-order chi connectivity index (χ0) is 8.91. The van der Waals surface area contributed by atoms with Crippen LogP contribution in [0.4, 0.5) is 0 Å². The number of rotatable bonds is 2. The van der Waals surface area contributed by atoms with E-state index in [2.05, 4.69) is 37.6 Å². The van der Waals surface area contributed by atoms with Crippen molar-refractivity contribution < 1.29 is 18.9 Å². The van der Waals surface area contributed by atoms with Crippen molar-refractivity contribution >= 4 is 8.07 Å². The van der Waals surface area contributed by atoms with Crippen molar-refractivity contribution in [1.82, 2.24) is 0 Å². The maximum atomic E-state index is 8.77. The van der Waals surface area contributed by atoms with Gasteiger partial charge in [-0.15, -0.1) is 17.9 Å². The molecular weight excluding hydrogens is 157 g/mol. The van der Waals surface area contributed by atoms with Crippen molar-refractivity contribution in [2.75, 3.05) is 0 Å². The molecule has 0 saturated heterocycles. The van der Waals surface area contributed by atoms with E-state index in [1.807, 2.05) is 0 Å². The second kappa shape index (κ2) is 6.27. The Balaban J connectivity index is 0. The first-order chi connectivity index (χ1) is 5.02. The van der Waals surface area contributed by atoms with E-state index in [1.165, 1.54) is 0 Å². The van der Waals surface area contributed by atoms with Gasteiger partial charge in [0.05, 0.1) is 0 Å². The van der Waals surface area contributed by atoms with Crippen LogP contribution in [0.25, 0.3) is 0 Å². The Morgan fingerprint density at radius 2 is 1.83 bits per heavy atom. The van der Waals surface area contributed by atoms with Crippen molar-refractivity contribution in [1.29, 1.82) is 5.26 Å². The molecule has 12 heavy (non-hydrogen) atoms. The molecule has 0 aromatic rings. The summed E-state index contributed by atoms with van der Waals surface area (Å²) in [5.41, 5.74) is 0.992. The summed E-state index contributed by atoms with van der Waals surface area (Å²) in [5.74, 6) is 5.74. The number of hydrogen-bond acceptors (Lipinski definition) is 1.